The molecule has 0 aromatic heterocycles. The molecular formula is C17H20N2O6. The van der Waals surface area contributed by atoms with Crippen molar-refractivity contribution in [2.75, 3.05) is 33.5 Å². The number of amides is 2. The highest BCUT2D eigenvalue weighted by Crippen LogP contribution is 2.32. The van der Waals surface area contributed by atoms with Crippen LogP contribution in [0.5, 0.6) is 11.5 Å². The molecule has 0 bridgehead atoms. The number of ether oxygens (including phenoxy) is 2. The van der Waals surface area contributed by atoms with Gasteiger partial charge in [0.15, 0.2) is 11.5 Å². The predicted octanol–water partition coefficient (Wildman–Crippen LogP) is 0.810. The van der Waals surface area contributed by atoms with E-state index in [1.807, 2.05) is 0 Å². The van der Waals surface area contributed by atoms with Crippen LogP contribution in [0, 0.1) is 5.92 Å². The molecule has 2 aliphatic rings. The number of hydrogen-bond acceptors (Lipinski definition) is 5. The van der Waals surface area contributed by atoms with E-state index in [1.54, 1.807) is 25.2 Å². The lowest BCUT2D eigenvalue weighted by molar-refractivity contribution is -0.145. The van der Waals surface area contributed by atoms with Crippen molar-refractivity contribution < 1.29 is 29.0 Å². The Morgan fingerprint density at radius 3 is 2.80 bits per heavy atom. The van der Waals surface area contributed by atoms with Crippen LogP contribution in [0.2, 0.25) is 0 Å². The smallest absolute Gasteiger partial charge is 0.308 e. The second-order valence-electron chi connectivity index (χ2n) is 6.25. The molecule has 1 atom stereocenters. The summed E-state index contributed by atoms with van der Waals surface area (Å²) in [7, 11) is 1.55. The van der Waals surface area contributed by atoms with Gasteiger partial charge < -0.3 is 24.4 Å². The van der Waals surface area contributed by atoms with Crippen molar-refractivity contribution in [3.63, 3.8) is 0 Å². The Bertz CT molecular complexity index is 704. The molecular weight excluding hydrogens is 328 g/mol. The van der Waals surface area contributed by atoms with Crippen molar-refractivity contribution in [2.24, 2.45) is 5.92 Å². The molecule has 2 heterocycles. The third-order valence-corrected chi connectivity index (χ3v) is 4.46. The van der Waals surface area contributed by atoms with Gasteiger partial charge in [-0.15, -0.1) is 0 Å². The van der Waals surface area contributed by atoms with Crippen LogP contribution < -0.4 is 9.47 Å². The molecule has 1 unspecified atom stereocenters. The summed E-state index contributed by atoms with van der Waals surface area (Å²) < 4.78 is 10.5. The topological polar surface area (TPSA) is 96.4 Å². The maximum absolute atomic E-state index is 12.5. The third kappa shape index (κ3) is 3.67. The molecule has 3 rings (SSSR count). The summed E-state index contributed by atoms with van der Waals surface area (Å²) in [6.07, 6.45) is 1.23. The maximum atomic E-state index is 12.5. The van der Waals surface area contributed by atoms with E-state index in [-0.39, 0.29) is 31.7 Å². The number of rotatable bonds is 4. The Hall–Kier alpha value is -2.77. The fourth-order valence-electron chi connectivity index (χ4n) is 3.03. The normalized spacial score (nSPS) is 18.8. The van der Waals surface area contributed by atoms with Gasteiger partial charge in [0.25, 0.3) is 5.91 Å². The van der Waals surface area contributed by atoms with Crippen molar-refractivity contribution in [3.8, 4) is 11.5 Å². The summed E-state index contributed by atoms with van der Waals surface area (Å²) in [6.45, 7) is 0.746. The van der Waals surface area contributed by atoms with Gasteiger partial charge in [-0.1, -0.05) is 0 Å². The molecule has 25 heavy (non-hydrogen) atoms. The highest BCUT2D eigenvalue weighted by atomic mass is 16.7. The number of nitrogens with zero attached hydrogens (tertiary/aromatic N) is 2. The summed E-state index contributed by atoms with van der Waals surface area (Å²) in [5, 5.41) is 9.11. The highest BCUT2D eigenvalue weighted by molar-refractivity contribution is 5.97. The van der Waals surface area contributed by atoms with Crippen molar-refractivity contribution in [1.82, 2.24) is 9.80 Å². The lowest BCUT2D eigenvalue weighted by Crippen LogP contribution is -2.46. The number of benzene rings is 1. The number of piperidine rings is 1. The van der Waals surface area contributed by atoms with Gasteiger partial charge in [0.2, 0.25) is 12.7 Å². The average Bonchev–Trinajstić information content (AvgIpc) is 3.08. The summed E-state index contributed by atoms with van der Waals surface area (Å²) in [5.41, 5.74) is 0.404. The monoisotopic (exact) mass is 348 g/mol. The van der Waals surface area contributed by atoms with Crippen molar-refractivity contribution in [3.05, 3.63) is 23.8 Å². The van der Waals surface area contributed by atoms with Crippen LogP contribution in [0.4, 0.5) is 0 Å². The van der Waals surface area contributed by atoms with Gasteiger partial charge in [-0.25, -0.2) is 0 Å². The molecule has 0 spiro atoms. The van der Waals surface area contributed by atoms with E-state index in [0.29, 0.717) is 36.4 Å². The standard InChI is InChI=1S/C17H20N2O6/c1-18(9-15(20)19-6-2-3-12(8-19)17(22)23)16(21)11-4-5-13-14(7-11)25-10-24-13/h4-5,7,12H,2-3,6,8-10H2,1H3,(H,22,23). The number of carbonyl (C=O) groups excluding carboxylic acids is 2. The Morgan fingerprint density at radius 2 is 2.04 bits per heavy atom. The molecule has 0 saturated carbocycles. The Morgan fingerprint density at radius 1 is 1.28 bits per heavy atom. The number of carboxylic acids is 1. The van der Waals surface area contributed by atoms with Gasteiger partial charge in [0, 0.05) is 25.7 Å². The lowest BCUT2D eigenvalue weighted by atomic mass is 9.98. The van der Waals surface area contributed by atoms with Gasteiger partial charge in [-0.05, 0) is 31.0 Å². The highest BCUT2D eigenvalue weighted by Gasteiger charge is 2.29. The van der Waals surface area contributed by atoms with Crippen LogP contribution in [0.3, 0.4) is 0 Å². The first-order valence-electron chi connectivity index (χ1n) is 8.11. The van der Waals surface area contributed by atoms with Gasteiger partial charge in [-0.2, -0.15) is 0 Å². The summed E-state index contributed by atoms with van der Waals surface area (Å²) in [6, 6.07) is 4.87. The van der Waals surface area contributed by atoms with E-state index in [0.717, 1.165) is 0 Å². The Kier molecular flexibility index (Phi) is 4.78. The minimum absolute atomic E-state index is 0.0976. The molecule has 2 aliphatic heterocycles. The number of carbonyl (C=O) groups is 3. The third-order valence-electron chi connectivity index (χ3n) is 4.46. The number of hydrogen-bond donors (Lipinski definition) is 1. The van der Waals surface area contributed by atoms with E-state index < -0.39 is 11.9 Å². The zero-order valence-electron chi connectivity index (χ0n) is 13.9. The Labute approximate surface area is 144 Å². The van der Waals surface area contributed by atoms with Crippen LogP contribution >= 0.6 is 0 Å². The first-order chi connectivity index (χ1) is 12.0. The molecule has 8 nitrogen and oxygen atoms in total. The molecule has 2 amide bonds. The van der Waals surface area contributed by atoms with Gasteiger partial charge >= 0.3 is 5.97 Å². The maximum Gasteiger partial charge on any atom is 0.308 e. The molecule has 134 valence electrons. The van der Waals surface area contributed by atoms with Crippen LogP contribution in [0.1, 0.15) is 23.2 Å². The second-order valence-corrected chi connectivity index (χ2v) is 6.25. The minimum atomic E-state index is -0.887. The van der Waals surface area contributed by atoms with Gasteiger partial charge in [-0.3, -0.25) is 14.4 Å². The molecule has 1 aromatic carbocycles. The number of fused-ring (bicyclic) bond motifs is 1. The van der Waals surface area contributed by atoms with Crippen molar-refractivity contribution >= 4 is 17.8 Å². The largest absolute Gasteiger partial charge is 0.481 e. The lowest BCUT2D eigenvalue weighted by Gasteiger charge is -2.32. The number of aliphatic carboxylic acids is 1. The zero-order valence-corrected chi connectivity index (χ0v) is 13.9. The summed E-state index contributed by atoms with van der Waals surface area (Å²) in [4.78, 5) is 38.8. The average molecular weight is 348 g/mol. The van der Waals surface area contributed by atoms with E-state index >= 15 is 0 Å². The van der Waals surface area contributed by atoms with E-state index in [1.165, 1.54) is 9.80 Å². The SMILES string of the molecule is CN(CC(=O)N1CCCC(C(=O)O)C1)C(=O)c1ccc2c(c1)OCO2. The second kappa shape index (κ2) is 7.00. The molecule has 8 heteroatoms. The van der Waals surface area contributed by atoms with Gasteiger partial charge in [0.1, 0.15) is 0 Å². The molecule has 0 radical (unpaired) electrons. The number of likely N-dealkylation sites (N-methyl/N-ethyl adjacent to an activating group) is 1. The molecule has 1 N–H and O–H groups in total. The number of likely N-dealkylation sites (tertiary alicyclic amines) is 1. The van der Waals surface area contributed by atoms with Crippen LogP contribution in [-0.2, 0) is 9.59 Å². The van der Waals surface area contributed by atoms with Gasteiger partial charge in [0.05, 0.1) is 12.5 Å². The van der Waals surface area contributed by atoms with E-state index in [4.69, 9.17) is 14.6 Å². The zero-order chi connectivity index (χ0) is 18.0. The fourth-order valence-corrected chi connectivity index (χ4v) is 3.03. The molecule has 1 fully saturated rings. The first kappa shape index (κ1) is 17.1. The van der Waals surface area contributed by atoms with Crippen LogP contribution in [0.15, 0.2) is 18.2 Å². The number of carboxylic acid groups (broad SMARTS) is 1. The minimum Gasteiger partial charge on any atom is -0.481 e. The Balaban J connectivity index is 1.61. The van der Waals surface area contributed by atoms with Crippen LogP contribution in [-0.4, -0.2) is 66.2 Å². The van der Waals surface area contributed by atoms with E-state index in [9.17, 15) is 14.4 Å². The van der Waals surface area contributed by atoms with Crippen molar-refractivity contribution in [1.29, 1.82) is 0 Å². The van der Waals surface area contributed by atoms with Crippen LogP contribution in [0.25, 0.3) is 0 Å². The first-order valence-corrected chi connectivity index (χ1v) is 8.11. The van der Waals surface area contributed by atoms with Crippen molar-refractivity contribution in [2.45, 2.75) is 12.8 Å². The fraction of sp³-hybridized carbons (Fsp3) is 0.471. The summed E-state index contributed by atoms with van der Waals surface area (Å²) in [5.74, 6) is -0.884. The molecule has 0 aliphatic carbocycles. The quantitative estimate of drug-likeness (QED) is 0.865. The predicted molar refractivity (Wildman–Crippen MR) is 86.5 cm³/mol. The molecule has 1 aromatic rings. The van der Waals surface area contributed by atoms with E-state index in [2.05, 4.69) is 0 Å². The summed E-state index contributed by atoms with van der Waals surface area (Å²) >= 11 is 0. The molecule has 1 saturated heterocycles.